The summed E-state index contributed by atoms with van der Waals surface area (Å²) in [7, 11) is 0. The van der Waals surface area contributed by atoms with Gasteiger partial charge in [-0.25, -0.2) is 0 Å². The summed E-state index contributed by atoms with van der Waals surface area (Å²) in [5.41, 5.74) is 0. The summed E-state index contributed by atoms with van der Waals surface area (Å²) in [6.45, 7) is 3.32. The molecule has 0 radical (unpaired) electrons. The van der Waals surface area contributed by atoms with Gasteiger partial charge in [0.15, 0.2) is 5.88 Å². The summed E-state index contributed by atoms with van der Waals surface area (Å²) < 4.78 is 5.48. The smallest absolute Gasteiger partial charge is 0.185 e. The molecule has 0 saturated carbocycles. The molecule has 0 aromatic heterocycles. The van der Waals surface area contributed by atoms with E-state index in [-0.39, 0.29) is 6.04 Å². The van der Waals surface area contributed by atoms with E-state index in [1.54, 1.807) is 0 Å². The number of hydrogen-bond acceptors (Lipinski definition) is 4. The summed E-state index contributed by atoms with van der Waals surface area (Å²) in [6.07, 6.45) is 2.29. The normalized spacial score (nSPS) is 39.8. The molecule has 0 aromatic rings. The van der Waals surface area contributed by atoms with Gasteiger partial charge < -0.3 is 19.8 Å². The number of piperidine rings is 1. The van der Waals surface area contributed by atoms with Crippen molar-refractivity contribution in [2.45, 2.75) is 38.0 Å². The van der Waals surface area contributed by atoms with Crippen LogP contribution in [0.2, 0.25) is 0 Å². The maximum atomic E-state index is 9.73. The van der Waals surface area contributed by atoms with Crippen molar-refractivity contribution in [2.24, 2.45) is 0 Å². The molecule has 0 aliphatic carbocycles. The highest BCUT2D eigenvalue weighted by atomic mass is 16.5. The molecule has 14 heavy (non-hydrogen) atoms. The summed E-state index contributed by atoms with van der Waals surface area (Å²) in [5.74, 6) is 0.864. The third-order valence-electron chi connectivity index (χ3n) is 2.92. The molecule has 0 amide bonds. The lowest BCUT2D eigenvalue weighted by molar-refractivity contribution is -0.0544. The molecular formula is C10H17NO3. The van der Waals surface area contributed by atoms with Crippen LogP contribution >= 0.6 is 0 Å². The van der Waals surface area contributed by atoms with Gasteiger partial charge in [-0.2, -0.15) is 0 Å². The minimum Gasteiger partial charge on any atom is -0.477 e. The average molecular weight is 199 g/mol. The van der Waals surface area contributed by atoms with Gasteiger partial charge in [0.25, 0.3) is 0 Å². The fourth-order valence-corrected chi connectivity index (χ4v) is 2.12. The summed E-state index contributed by atoms with van der Waals surface area (Å²) in [6, 6.07) is -0.0588. The van der Waals surface area contributed by atoms with Crippen molar-refractivity contribution in [2.75, 3.05) is 13.2 Å². The number of hydrogen-bond donors (Lipinski definition) is 2. The standard InChI is InChI=1S/C10H17NO3/c1-2-3-9-11-5-4-8(12)10(13)7(11)6-14-9/h3,7-8,10,12-13H,2,4-6H2,1H3. The van der Waals surface area contributed by atoms with Crippen molar-refractivity contribution >= 4 is 0 Å². The molecule has 2 N–H and O–H groups in total. The average Bonchev–Trinajstić information content (AvgIpc) is 2.57. The van der Waals surface area contributed by atoms with Crippen LogP contribution < -0.4 is 0 Å². The highest BCUT2D eigenvalue weighted by Crippen LogP contribution is 2.29. The number of allylic oxidation sites excluding steroid dienone is 1. The first-order chi connectivity index (χ1) is 6.74. The molecule has 2 aliphatic heterocycles. The summed E-state index contributed by atoms with van der Waals surface area (Å²) in [5, 5.41) is 19.2. The summed E-state index contributed by atoms with van der Waals surface area (Å²) >= 11 is 0. The van der Waals surface area contributed by atoms with Gasteiger partial charge in [0, 0.05) is 6.54 Å². The number of aliphatic hydroxyl groups excluding tert-OH is 2. The van der Waals surface area contributed by atoms with Crippen LogP contribution in [0.5, 0.6) is 0 Å². The van der Waals surface area contributed by atoms with Gasteiger partial charge in [0.05, 0.1) is 12.1 Å². The molecule has 3 atom stereocenters. The zero-order valence-corrected chi connectivity index (χ0v) is 8.39. The highest BCUT2D eigenvalue weighted by Gasteiger charge is 2.41. The van der Waals surface area contributed by atoms with Gasteiger partial charge in [0.1, 0.15) is 12.7 Å². The molecule has 4 heteroatoms. The minimum atomic E-state index is -0.675. The Labute approximate surface area is 83.8 Å². The first-order valence-corrected chi connectivity index (χ1v) is 5.19. The second kappa shape index (κ2) is 3.79. The van der Waals surface area contributed by atoms with Crippen molar-refractivity contribution in [1.29, 1.82) is 0 Å². The Balaban J connectivity index is 2.11. The predicted molar refractivity (Wildman–Crippen MR) is 51.5 cm³/mol. The van der Waals surface area contributed by atoms with Gasteiger partial charge >= 0.3 is 0 Å². The fourth-order valence-electron chi connectivity index (χ4n) is 2.12. The largest absolute Gasteiger partial charge is 0.477 e. The van der Waals surface area contributed by atoms with Crippen LogP contribution in [0.3, 0.4) is 0 Å². The molecule has 0 aromatic carbocycles. The van der Waals surface area contributed by atoms with Crippen LogP contribution in [0.15, 0.2) is 12.0 Å². The first-order valence-electron chi connectivity index (χ1n) is 5.19. The molecule has 0 bridgehead atoms. The fraction of sp³-hybridized carbons (Fsp3) is 0.800. The SMILES string of the molecule is CCC=C1OCC2C(O)C(O)CCN12. The number of fused-ring (bicyclic) bond motifs is 1. The van der Waals surface area contributed by atoms with Crippen molar-refractivity contribution in [3.8, 4) is 0 Å². The van der Waals surface area contributed by atoms with Crippen LogP contribution in [0.1, 0.15) is 19.8 Å². The molecule has 2 fully saturated rings. The molecule has 2 heterocycles. The van der Waals surface area contributed by atoms with Crippen LogP contribution in [0, 0.1) is 0 Å². The van der Waals surface area contributed by atoms with Crippen molar-refractivity contribution < 1.29 is 14.9 Å². The molecule has 2 aliphatic rings. The number of rotatable bonds is 1. The zero-order chi connectivity index (χ0) is 10.1. The predicted octanol–water partition coefficient (Wildman–Crippen LogP) is 0.0641. The highest BCUT2D eigenvalue weighted by molar-refractivity contribution is 5.06. The Kier molecular flexibility index (Phi) is 2.65. The monoisotopic (exact) mass is 199 g/mol. The van der Waals surface area contributed by atoms with E-state index in [4.69, 9.17) is 4.74 Å². The maximum absolute atomic E-state index is 9.73. The third-order valence-corrected chi connectivity index (χ3v) is 2.92. The van der Waals surface area contributed by atoms with Gasteiger partial charge in [-0.15, -0.1) is 0 Å². The Morgan fingerprint density at radius 2 is 2.36 bits per heavy atom. The van der Waals surface area contributed by atoms with Gasteiger partial charge in [-0.05, 0) is 18.9 Å². The van der Waals surface area contributed by atoms with E-state index in [2.05, 4.69) is 11.8 Å². The van der Waals surface area contributed by atoms with E-state index < -0.39 is 12.2 Å². The molecule has 80 valence electrons. The van der Waals surface area contributed by atoms with Crippen LogP contribution in [-0.4, -0.2) is 46.5 Å². The second-order valence-electron chi connectivity index (χ2n) is 3.87. The Hall–Kier alpha value is -0.740. The number of aliphatic hydroxyl groups is 2. The van der Waals surface area contributed by atoms with E-state index >= 15 is 0 Å². The van der Waals surface area contributed by atoms with Crippen molar-refractivity contribution in [1.82, 2.24) is 4.90 Å². The van der Waals surface area contributed by atoms with E-state index in [0.29, 0.717) is 13.0 Å². The number of ether oxygens (including phenoxy) is 1. The molecule has 3 unspecified atom stereocenters. The van der Waals surface area contributed by atoms with Crippen LogP contribution in [0.25, 0.3) is 0 Å². The molecular weight excluding hydrogens is 182 g/mol. The van der Waals surface area contributed by atoms with Gasteiger partial charge in [0.2, 0.25) is 0 Å². The second-order valence-corrected chi connectivity index (χ2v) is 3.87. The van der Waals surface area contributed by atoms with Crippen LogP contribution in [0.4, 0.5) is 0 Å². The lowest BCUT2D eigenvalue weighted by atomic mass is 9.98. The molecule has 2 rings (SSSR count). The van der Waals surface area contributed by atoms with Crippen LogP contribution in [-0.2, 0) is 4.74 Å². The Morgan fingerprint density at radius 1 is 1.57 bits per heavy atom. The quantitative estimate of drug-likeness (QED) is 0.627. The van der Waals surface area contributed by atoms with E-state index in [0.717, 1.165) is 18.8 Å². The minimum absolute atomic E-state index is 0.0588. The number of nitrogens with zero attached hydrogens (tertiary/aromatic N) is 1. The Morgan fingerprint density at radius 3 is 3.07 bits per heavy atom. The lowest BCUT2D eigenvalue weighted by Gasteiger charge is -2.36. The van der Waals surface area contributed by atoms with E-state index in [1.165, 1.54) is 0 Å². The topological polar surface area (TPSA) is 52.9 Å². The first kappa shape index (κ1) is 9.80. The summed E-state index contributed by atoms with van der Waals surface area (Å²) in [4.78, 5) is 2.06. The van der Waals surface area contributed by atoms with E-state index in [1.807, 2.05) is 6.08 Å². The molecule has 4 nitrogen and oxygen atoms in total. The lowest BCUT2D eigenvalue weighted by Crippen LogP contribution is -2.52. The molecule has 2 saturated heterocycles. The van der Waals surface area contributed by atoms with Crippen molar-refractivity contribution in [3.63, 3.8) is 0 Å². The zero-order valence-electron chi connectivity index (χ0n) is 8.39. The van der Waals surface area contributed by atoms with Gasteiger partial charge in [-0.3, -0.25) is 0 Å². The van der Waals surface area contributed by atoms with Gasteiger partial charge in [-0.1, -0.05) is 6.92 Å². The third kappa shape index (κ3) is 1.48. The Bertz CT molecular complexity index is 242. The van der Waals surface area contributed by atoms with E-state index in [9.17, 15) is 10.2 Å². The van der Waals surface area contributed by atoms with Crippen molar-refractivity contribution in [3.05, 3.63) is 12.0 Å². The maximum Gasteiger partial charge on any atom is 0.185 e. The molecule has 0 spiro atoms.